The third-order valence-corrected chi connectivity index (χ3v) is 3.28. The van der Waals surface area contributed by atoms with E-state index in [1.54, 1.807) is 0 Å². The predicted octanol–water partition coefficient (Wildman–Crippen LogP) is 1.46. The molecule has 3 nitrogen and oxygen atoms in total. The minimum Gasteiger partial charge on any atom is -0.335 e. The lowest BCUT2D eigenvalue weighted by Gasteiger charge is -2.15. The molecule has 1 aliphatic heterocycles. The molecule has 1 fully saturated rings. The van der Waals surface area contributed by atoms with Crippen LogP contribution in [0.2, 0.25) is 4.34 Å². The van der Waals surface area contributed by atoms with Crippen LogP contribution in [0.5, 0.6) is 0 Å². The summed E-state index contributed by atoms with van der Waals surface area (Å²) in [5, 5.41) is 2.87. The SMILES string of the molecule is CN1CC(=O)NC1c1ccc(Cl)s1. The monoisotopic (exact) mass is 216 g/mol. The van der Waals surface area contributed by atoms with Crippen molar-refractivity contribution in [2.24, 2.45) is 0 Å². The van der Waals surface area contributed by atoms with Crippen LogP contribution in [0.1, 0.15) is 11.0 Å². The maximum Gasteiger partial charge on any atom is 0.235 e. The Morgan fingerprint density at radius 3 is 2.92 bits per heavy atom. The zero-order chi connectivity index (χ0) is 9.42. The number of carbonyl (C=O) groups is 1. The second-order valence-corrected chi connectivity index (χ2v) is 4.77. The van der Waals surface area contributed by atoms with Crippen molar-refractivity contribution in [2.75, 3.05) is 13.6 Å². The molecule has 1 unspecified atom stereocenters. The van der Waals surface area contributed by atoms with Gasteiger partial charge in [-0.1, -0.05) is 11.6 Å². The van der Waals surface area contributed by atoms with Crippen molar-refractivity contribution < 1.29 is 4.79 Å². The summed E-state index contributed by atoms with van der Waals surface area (Å²) in [6.07, 6.45) is 0.00463. The van der Waals surface area contributed by atoms with Crippen LogP contribution in [0.15, 0.2) is 12.1 Å². The summed E-state index contributed by atoms with van der Waals surface area (Å²) < 4.78 is 0.754. The quantitative estimate of drug-likeness (QED) is 0.771. The van der Waals surface area contributed by atoms with Gasteiger partial charge in [0, 0.05) is 4.88 Å². The van der Waals surface area contributed by atoms with Crippen molar-refractivity contribution in [1.29, 1.82) is 0 Å². The molecular weight excluding hydrogens is 208 g/mol. The Labute approximate surface area is 85.3 Å². The first-order chi connectivity index (χ1) is 6.16. The average molecular weight is 217 g/mol. The molecule has 0 saturated carbocycles. The van der Waals surface area contributed by atoms with Crippen molar-refractivity contribution in [1.82, 2.24) is 10.2 Å². The molecule has 1 atom stereocenters. The highest BCUT2D eigenvalue weighted by Gasteiger charge is 2.28. The lowest BCUT2D eigenvalue weighted by molar-refractivity contribution is -0.118. The predicted molar refractivity (Wildman–Crippen MR) is 52.8 cm³/mol. The van der Waals surface area contributed by atoms with Crippen molar-refractivity contribution in [3.8, 4) is 0 Å². The van der Waals surface area contributed by atoms with E-state index in [0.717, 1.165) is 9.21 Å². The summed E-state index contributed by atoms with van der Waals surface area (Å²) in [6.45, 7) is 0.459. The molecule has 1 N–H and O–H groups in total. The van der Waals surface area contributed by atoms with Gasteiger partial charge in [0.15, 0.2) is 0 Å². The fraction of sp³-hybridized carbons (Fsp3) is 0.375. The van der Waals surface area contributed by atoms with Gasteiger partial charge in [-0.05, 0) is 19.2 Å². The Morgan fingerprint density at radius 2 is 2.46 bits per heavy atom. The van der Waals surface area contributed by atoms with Gasteiger partial charge in [0.1, 0.15) is 6.17 Å². The highest BCUT2D eigenvalue weighted by Crippen LogP contribution is 2.29. The van der Waals surface area contributed by atoms with Gasteiger partial charge >= 0.3 is 0 Å². The number of hydrogen-bond acceptors (Lipinski definition) is 3. The van der Waals surface area contributed by atoms with Gasteiger partial charge < -0.3 is 5.32 Å². The Balaban J connectivity index is 2.22. The van der Waals surface area contributed by atoms with Crippen molar-refractivity contribution in [2.45, 2.75) is 6.17 Å². The molecular formula is C8H9ClN2OS. The molecule has 0 bridgehead atoms. The van der Waals surface area contributed by atoms with Crippen molar-refractivity contribution in [3.63, 3.8) is 0 Å². The molecule has 0 aromatic carbocycles. The third kappa shape index (κ3) is 1.70. The lowest BCUT2D eigenvalue weighted by atomic mass is 10.4. The first-order valence-corrected chi connectivity index (χ1v) is 5.11. The van der Waals surface area contributed by atoms with Crippen LogP contribution in [0.3, 0.4) is 0 Å². The van der Waals surface area contributed by atoms with E-state index in [1.807, 2.05) is 24.1 Å². The molecule has 1 saturated heterocycles. The summed E-state index contributed by atoms with van der Waals surface area (Å²) in [4.78, 5) is 14.1. The van der Waals surface area contributed by atoms with Gasteiger partial charge in [-0.3, -0.25) is 9.69 Å². The Morgan fingerprint density at radius 1 is 1.69 bits per heavy atom. The molecule has 0 aliphatic carbocycles. The number of carbonyl (C=O) groups excluding carboxylic acids is 1. The maximum atomic E-state index is 11.1. The van der Waals surface area contributed by atoms with E-state index in [4.69, 9.17) is 11.6 Å². The summed E-state index contributed by atoms with van der Waals surface area (Å²) in [5.41, 5.74) is 0. The summed E-state index contributed by atoms with van der Waals surface area (Å²) >= 11 is 7.31. The van der Waals surface area contributed by atoms with Gasteiger partial charge in [-0.15, -0.1) is 11.3 Å². The van der Waals surface area contributed by atoms with E-state index in [0.29, 0.717) is 6.54 Å². The van der Waals surface area contributed by atoms with Gasteiger partial charge in [0.2, 0.25) is 5.91 Å². The number of amides is 1. The number of rotatable bonds is 1. The second kappa shape index (κ2) is 3.29. The second-order valence-electron chi connectivity index (χ2n) is 3.03. The largest absolute Gasteiger partial charge is 0.335 e. The van der Waals surface area contributed by atoms with Crippen LogP contribution in [0.25, 0.3) is 0 Å². The van der Waals surface area contributed by atoms with E-state index in [1.165, 1.54) is 11.3 Å². The molecule has 13 heavy (non-hydrogen) atoms. The van der Waals surface area contributed by atoms with Gasteiger partial charge in [0.25, 0.3) is 0 Å². The van der Waals surface area contributed by atoms with E-state index in [-0.39, 0.29) is 12.1 Å². The summed E-state index contributed by atoms with van der Waals surface area (Å²) in [7, 11) is 1.91. The van der Waals surface area contributed by atoms with Crippen molar-refractivity contribution >= 4 is 28.8 Å². The molecule has 0 spiro atoms. The Bertz CT molecular complexity index is 339. The van der Waals surface area contributed by atoms with E-state index in [2.05, 4.69) is 5.32 Å². The van der Waals surface area contributed by atoms with Crippen molar-refractivity contribution in [3.05, 3.63) is 21.3 Å². The summed E-state index contributed by atoms with van der Waals surface area (Å²) in [5.74, 6) is 0.0667. The molecule has 1 aromatic rings. The number of nitrogens with zero attached hydrogens (tertiary/aromatic N) is 1. The molecule has 1 aliphatic rings. The molecule has 1 amide bonds. The topological polar surface area (TPSA) is 32.3 Å². The molecule has 2 rings (SSSR count). The van der Waals surface area contributed by atoms with Crippen LogP contribution in [-0.2, 0) is 4.79 Å². The molecule has 2 heterocycles. The third-order valence-electron chi connectivity index (χ3n) is 1.99. The lowest BCUT2D eigenvalue weighted by Crippen LogP contribution is -2.23. The van der Waals surface area contributed by atoms with Crippen LogP contribution in [-0.4, -0.2) is 24.4 Å². The molecule has 5 heteroatoms. The smallest absolute Gasteiger partial charge is 0.235 e. The van der Waals surface area contributed by atoms with E-state index in [9.17, 15) is 4.79 Å². The minimum atomic E-state index is 0.00463. The first-order valence-electron chi connectivity index (χ1n) is 3.91. The zero-order valence-corrected chi connectivity index (χ0v) is 8.65. The molecule has 70 valence electrons. The maximum absolute atomic E-state index is 11.1. The van der Waals surface area contributed by atoms with Gasteiger partial charge in [-0.2, -0.15) is 0 Å². The average Bonchev–Trinajstić information content (AvgIpc) is 2.58. The Hall–Kier alpha value is -0.580. The fourth-order valence-electron chi connectivity index (χ4n) is 1.39. The fourth-order valence-corrected chi connectivity index (χ4v) is 2.57. The Kier molecular flexibility index (Phi) is 2.27. The number of halogens is 1. The van der Waals surface area contributed by atoms with Gasteiger partial charge in [0.05, 0.1) is 10.9 Å². The number of likely N-dealkylation sites (N-methyl/N-ethyl adjacent to an activating group) is 1. The number of thiophene rings is 1. The number of nitrogens with one attached hydrogen (secondary N) is 1. The van der Waals surface area contributed by atoms with Crippen LogP contribution < -0.4 is 5.32 Å². The van der Waals surface area contributed by atoms with Gasteiger partial charge in [-0.25, -0.2) is 0 Å². The van der Waals surface area contributed by atoms with Crippen LogP contribution >= 0.6 is 22.9 Å². The number of hydrogen-bond donors (Lipinski definition) is 1. The van der Waals surface area contributed by atoms with Crippen LogP contribution in [0, 0.1) is 0 Å². The van der Waals surface area contributed by atoms with Crippen LogP contribution in [0.4, 0.5) is 0 Å². The first kappa shape index (κ1) is 8.99. The zero-order valence-electron chi connectivity index (χ0n) is 7.08. The van der Waals surface area contributed by atoms with E-state index >= 15 is 0 Å². The van der Waals surface area contributed by atoms with E-state index < -0.39 is 0 Å². The minimum absolute atomic E-state index is 0.00463. The highest BCUT2D eigenvalue weighted by molar-refractivity contribution is 7.16. The highest BCUT2D eigenvalue weighted by atomic mass is 35.5. The molecule has 1 aromatic heterocycles. The summed E-state index contributed by atoms with van der Waals surface area (Å²) in [6, 6.07) is 3.79. The standard InChI is InChI=1S/C8H9ClN2OS/c1-11-4-7(12)10-8(11)5-2-3-6(9)13-5/h2-3,8H,4H2,1H3,(H,10,12). The molecule has 0 radical (unpaired) electrons. The normalized spacial score (nSPS) is 23.5.